The molecule has 0 radical (unpaired) electrons. The van der Waals surface area contributed by atoms with E-state index in [1.54, 1.807) is 0 Å². The average molecular weight is 504 g/mol. The number of para-hydroxylation sites is 1. The molecule has 0 saturated heterocycles. The maximum Gasteiger partial charge on any atom is 0.491 e. The van der Waals surface area contributed by atoms with Crippen LogP contribution in [0.2, 0.25) is 0 Å². The summed E-state index contributed by atoms with van der Waals surface area (Å²) in [7, 11) is -1.17. The first kappa shape index (κ1) is 27.3. The number of rotatable bonds is 10. The van der Waals surface area contributed by atoms with Crippen molar-refractivity contribution < 1.29 is 9.46 Å². The molecule has 4 rings (SSSR count). The molecule has 4 aromatic rings. The number of imidazole rings is 1. The fourth-order valence-electron chi connectivity index (χ4n) is 4.50. The Balaban J connectivity index is 0.00000115. The van der Waals surface area contributed by atoms with Gasteiger partial charge in [-0.05, 0) is 29.0 Å². The standard InChI is InChI=1S/C30H34N2O.HO2P/c1-24(2)16-8-3-4-15-23-31-28(25-17-9-5-10-18-25)29(26-19-11-6-12-20-26)32(30(31)33)27-21-13-7-14-22-27;1-3-2/h5-7,9-14,17-22,24H,3-4,8,15-16,23H2,1-2H3;3H/p+1. The Hall–Kier alpha value is -3.27. The Kier molecular flexibility index (Phi) is 10.9. The minimum absolute atomic E-state index is 0.0288. The predicted molar refractivity (Wildman–Crippen MR) is 150 cm³/mol. The first-order valence-corrected chi connectivity index (χ1v) is 13.5. The lowest BCUT2D eigenvalue weighted by Gasteiger charge is -2.12. The second-order valence-electron chi connectivity index (χ2n) is 9.22. The maximum atomic E-state index is 13.9. The molecule has 1 heterocycles. The topological polar surface area (TPSA) is 64.2 Å². The van der Waals surface area contributed by atoms with E-state index in [1.165, 1.54) is 19.3 Å². The van der Waals surface area contributed by atoms with Gasteiger partial charge in [0, 0.05) is 17.7 Å². The summed E-state index contributed by atoms with van der Waals surface area (Å²) >= 11 is 0. The molecular weight excluding hydrogens is 467 g/mol. The molecule has 188 valence electrons. The summed E-state index contributed by atoms with van der Waals surface area (Å²) < 4.78 is 12.4. The van der Waals surface area contributed by atoms with Crippen LogP contribution in [-0.4, -0.2) is 14.0 Å². The van der Waals surface area contributed by atoms with Gasteiger partial charge < -0.3 is 0 Å². The molecule has 0 aliphatic rings. The fourth-order valence-corrected chi connectivity index (χ4v) is 4.50. The Morgan fingerprint density at radius 3 is 1.72 bits per heavy atom. The van der Waals surface area contributed by atoms with Crippen molar-refractivity contribution in [3.8, 4) is 28.2 Å². The summed E-state index contributed by atoms with van der Waals surface area (Å²) in [5.74, 6) is 0.755. The third kappa shape index (κ3) is 7.13. The van der Waals surface area contributed by atoms with Gasteiger partial charge in [-0.3, -0.25) is 9.13 Å². The van der Waals surface area contributed by atoms with Gasteiger partial charge in [0.1, 0.15) is 0 Å². The van der Waals surface area contributed by atoms with Crippen molar-refractivity contribution in [2.24, 2.45) is 5.92 Å². The highest BCUT2D eigenvalue weighted by Gasteiger charge is 2.23. The summed E-state index contributed by atoms with van der Waals surface area (Å²) in [6.45, 7) is 5.29. The molecule has 0 saturated carbocycles. The molecular formula is C30H36N2O3P+. The first-order chi connectivity index (χ1) is 17.6. The van der Waals surface area contributed by atoms with E-state index in [2.05, 4.69) is 38.1 Å². The van der Waals surface area contributed by atoms with Crippen molar-refractivity contribution >= 4 is 8.69 Å². The zero-order valence-electron chi connectivity index (χ0n) is 21.1. The highest BCUT2D eigenvalue weighted by Crippen LogP contribution is 2.33. The molecule has 3 aromatic carbocycles. The Bertz CT molecular complexity index is 1250. The van der Waals surface area contributed by atoms with Gasteiger partial charge in [-0.1, -0.05) is 118 Å². The van der Waals surface area contributed by atoms with Crippen molar-refractivity contribution in [1.29, 1.82) is 0 Å². The Morgan fingerprint density at radius 1 is 0.722 bits per heavy atom. The van der Waals surface area contributed by atoms with Gasteiger partial charge in [0.05, 0.1) is 17.1 Å². The molecule has 0 amide bonds. The van der Waals surface area contributed by atoms with Crippen molar-refractivity contribution in [2.45, 2.75) is 52.5 Å². The smallest absolute Gasteiger partial charge is 0.291 e. The number of unbranched alkanes of at least 4 members (excludes halogenated alkanes) is 3. The molecule has 1 N–H and O–H groups in total. The molecule has 0 spiro atoms. The maximum absolute atomic E-state index is 13.9. The average Bonchev–Trinajstić information content (AvgIpc) is 3.20. The zero-order valence-corrected chi connectivity index (χ0v) is 22.1. The molecule has 6 heteroatoms. The van der Waals surface area contributed by atoms with Crippen molar-refractivity contribution in [2.75, 3.05) is 0 Å². The largest absolute Gasteiger partial charge is 0.491 e. The van der Waals surface area contributed by atoms with Gasteiger partial charge in [0.25, 0.3) is 0 Å². The summed E-state index contributed by atoms with van der Waals surface area (Å²) in [6.07, 6.45) is 5.91. The van der Waals surface area contributed by atoms with Crippen LogP contribution in [0.25, 0.3) is 28.2 Å². The molecule has 0 fully saturated rings. The molecule has 5 nitrogen and oxygen atoms in total. The van der Waals surface area contributed by atoms with E-state index in [1.807, 2.05) is 75.9 Å². The van der Waals surface area contributed by atoms with E-state index in [9.17, 15) is 4.79 Å². The Morgan fingerprint density at radius 2 is 1.19 bits per heavy atom. The quantitative estimate of drug-likeness (QED) is 0.180. The second-order valence-corrected chi connectivity index (χ2v) is 9.41. The number of hydrogen-bond acceptors (Lipinski definition) is 2. The van der Waals surface area contributed by atoms with Gasteiger partial charge in [-0.15, -0.1) is 0 Å². The van der Waals surface area contributed by atoms with E-state index < -0.39 is 8.69 Å². The molecule has 1 aromatic heterocycles. The SMILES string of the molecule is CC(C)CCCCCCn1c(-c2ccccc2)c(-c2ccccc2)n(-c2ccccc2)c1=O.O=[PH+]O. The molecule has 0 bridgehead atoms. The van der Waals surface area contributed by atoms with Crippen molar-refractivity contribution in [3.05, 3.63) is 101 Å². The van der Waals surface area contributed by atoms with Gasteiger partial charge in [0.15, 0.2) is 0 Å². The van der Waals surface area contributed by atoms with Crippen LogP contribution in [0.5, 0.6) is 0 Å². The number of nitrogens with zero attached hydrogens (tertiary/aromatic N) is 2. The molecule has 1 atom stereocenters. The van der Waals surface area contributed by atoms with Gasteiger partial charge in [0.2, 0.25) is 0 Å². The van der Waals surface area contributed by atoms with Crippen LogP contribution in [0.3, 0.4) is 0 Å². The molecule has 1 unspecified atom stereocenters. The van der Waals surface area contributed by atoms with Gasteiger partial charge in [-0.25, -0.2) is 4.79 Å². The third-order valence-corrected chi connectivity index (χ3v) is 6.16. The first-order valence-electron chi connectivity index (χ1n) is 12.6. The zero-order chi connectivity index (χ0) is 25.8. The number of benzene rings is 3. The summed E-state index contributed by atoms with van der Waals surface area (Å²) in [4.78, 5) is 20.9. The monoisotopic (exact) mass is 503 g/mol. The van der Waals surface area contributed by atoms with Crippen LogP contribution in [-0.2, 0) is 11.1 Å². The highest BCUT2D eigenvalue weighted by atomic mass is 31.1. The van der Waals surface area contributed by atoms with Crippen LogP contribution in [0.1, 0.15) is 46.0 Å². The predicted octanol–water partition coefficient (Wildman–Crippen LogP) is 7.50. The minimum atomic E-state index is -1.17. The van der Waals surface area contributed by atoms with Gasteiger partial charge >= 0.3 is 14.4 Å². The number of hydrogen-bond donors (Lipinski definition) is 1. The van der Waals surface area contributed by atoms with Crippen LogP contribution in [0.4, 0.5) is 0 Å². The number of aromatic nitrogens is 2. The van der Waals surface area contributed by atoms with E-state index in [-0.39, 0.29) is 5.69 Å². The van der Waals surface area contributed by atoms with E-state index in [4.69, 9.17) is 9.46 Å². The van der Waals surface area contributed by atoms with Crippen molar-refractivity contribution in [1.82, 2.24) is 9.13 Å². The van der Waals surface area contributed by atoms with Crippen LogP contribution in [0.15, 0.2) is 95.8 Å². The minimum Gasteiger partial charge on any atom is -0.291 e. The third-order valence-electron chi connectivity index (χ3n) is 6.16. The van der Waals surface area contributed by atoms with E-state index in [0.29, 0.717) is 0 Å². The lowest BCUT2D eigenvalue weighted by molar-refractivity contribution is 0.503. The lowest BCUT2D eigenvalue weighted by Crippen LogP contribution is -2.24. The Labute approximate surface area is 215 Å². The van der Waals surface area contributed by atoms with Crippen LogP contribution in [0, 0.1) is 5.92 Å². The normalized spacial score (nSPS) is 10.9. The molecule has 0 aliphatic carbocycles. The lowest BCUT2D eigenvalue weighted by atomic mass is 10.0. The van der Waals surface area contributed by atoms with Crippen LogP contribution >= 0.6 is 8.69 Å². The summed E-state index contributed by atoms with van der Waals surface area (Å²) in [5, 5.41) is 0. The second kappa shape index (κ2) is 14.3. The van der Waals surface area contributed by atoms with E-state index in [0.717, 1.165) is 53.5 Å². The van der Waals surface area contributed by atoms with Crippen molar-refractivity contribution in [3.63, 3.8) is 0 Å². The van der Waals surface area contributed by atoms with Gasteiger partial charge in [-0.2, -0.15) is 4.89 Å². The van der Waals surface area contributed by atoms with E-state index >= 15 is 0 Å². The molecule has 0 aliphatic heterocycles. The summed E-state index contributed by atoms with van der Waals surface area (Å²) in [5.41, 5.74) is 5.00. The fraction of sp³-hybridized carbons (Fsp3) is 0.300. The molecule has 36 heavy (non-hydrogen) atoms. The van der Waals surface area contributed by atoms with Crippen LogP contribution < -0.4 is 5.69 Å². The highest BCUT2D eigenvalue weighted by molar-refractivity contribution is 7.16. The summed E-state index contributed by atoms with van der Waals surface area (Å²) in [6, 6.07) is 30.6.